The van der Waals surface area contributed by atoms with E-state index in [0.717, 1.165) is 0 Å². The van der Waals surface area contributed by atoms with Gasteiger partial charge >= 0.3 is 0 Å². The minimum Gasteiger partial charge on any atom is -0.316 e. The van der Waals surface area contributed by atoms with Gasteiger partial charge in [-0.1, -0.05) is 13.8 Å². The van der Waals surface area contributed by atoms with Gasteiger partial charge in [-0.25, -0.2) is 0 Å². The number of ketones is 1. The van der Waals surface area contributed by atoms with Crippen LogP contribution in [-0.4, -0.2) is 18.9 Å². The molecular weight excluding hydrogens is 126 g/mol. The third kappa shape index (κ3) is 1.81. The predicted molar refractivity (Wildman–Crippen MR) is 43.0 cm³/mol. The van der Waals surface area contributed by atoms with Crippen LogP contribution in [0.25, 0.3) is 0 Å². The molecule has 0 heterocycles. The number of hydrogen-bond acceptors (Lipinski definition) is 2. The monoisotopic (exact) mass is 143 g/mol. The van der Waals surface area contributed by atoms with Gasteiger partial charge in [0, 0.05) is 11.5 Å². The molecule has 2 nitrogen and oxygen atoms in total. The molecule has 2 heteroatoms. The van der Waals surface area contributed by atoms with Crippen molar-refractivity contribution in [2.24, 2.45) is 5.41 Å². The fourth-order valence-electron chi connectivity index (χ4n) is 0.666. The van der Waals surface area contributed by atoms with E-state index in [2.05, 4.69) is 5.32 Å². The first kappa shape index (κ1) is 9.63. The van der Waals surface area contributed by atoms with Crippen LogP contribution in [0, 0.1) is 5.41 Å². The summed E-state index contributed by atoms with van der Waals surface area (Å²) in [5, 5.41) is 3.07. The highest BCUT2D eigenvalue weighted by Gasteiger charge is 2.29. The van der Waals surface area contributed by atoms with Crippen LogP contribution in [0.4, 0.5) is 0 Å². The summed E-state index contributed by atoms with van der Waals surface area (Å²) in [6.45, 7) is 7.56. The molecule has 0 aliphatic heterocycles. The minimum atomic E-state index is -0.241. The lowest BCUT2D eigenvalue weighted by atomic mass is 9.82. The lowest BCUT2D eigenvalue weighted by Gasteiger charge is -2.28. The predicted octanol–water partition coefficient (Wildman–Crippen LogP) is 1.21. The van der Waals surface area contributed by atoms with E-state index in [0.29, 0.717) is 0 Å². The van der Waals surface area contributed by atoms with E-state index in [4.69, 9.17) is 0 Å². The normalized spacial score (nSPS) is 14.9. The molecule has 0 rings (SSSR count). The van der Waals surface area contributed by atoms with Gasteiger partial charge in [0.1, 0.15) is 5.78 Å². The summed E-state index contributed by atoms with van der Waals surface area (Å²) in [6, 6.07) is 0.241. The summed E-state index contributed by atoms with van der Waals surface area (Å²) in [6.07, 6.45) is 0. The zero-order valence-corrected chi connectivity index (χ0v) is 7.49. The van der Waals surface area contributed by atoms with E-state index in [1.54, 1.807) is 6.92 Å². The molecule has 1 N–H and O–H groups in total. The Morgan fingerprint density at radius 2 is 1.90 bits per heavy atom. The minimum absolute atomic E-state index is 0.231. The molecular formula is C8H17NO. The Hall–Kier alpha value is -0.370. The van der Waals surface area contributed by atoms with Crippen molar-refractivity contribution in [3.8, 4) is 0 Å². The molecule has 0 aromatic carbocycles. The van der Waals surface area contributed by atoms with Gasteiger partial charge < -0.3 is 5.32 Å². The fourth-order valence-corrected chi connectivity index (χ4v) is 0.666. The lowest BCUT2D eigenvalue weighted by molar-refractivity contribution is -0.126. The summed E-state index contributed by atoms with van der Waals surface area (Å²) in [4.78, 5) is 11.0. The first-order valence-corrected chi connectivity index (χ1v) is 3.61. The molecule has 10 heavy (non-hydrogen) atoms. The lowest BCUT2D eigenvalue weighted by Crippen LogP contribution is -2.41. The van der Waals surface area contributed by atoms with E-state index in [-0.39, 0.29) is 17.2 Å². The number of Topliss-reactive ketones (excluding diaryl/α,β-unsaturated/α-hetero) is 1. The molecule has 1 unspecified atom stereocenters. The standard InChI is InChI=1S/C8H17NO/c1-6(9-5)8(3,4)7(2)10/h6,9H,1-5H3. The van der Waals surface area contributed by atoms with E-state index in [1.165, 1.54) is 0 Å². The van der Waals surface area contributed by atoms with Gasteiger partial charge in [0.05, 0.1) is 0 Å². The van der Waals surface area contributed by atoms with E-state index in [1.807, 2.05) is 27.8 Å². The highest BCUT2D eigenvalue weighted by atomic mass is 16.1. The molecule has 0 aromatic heterocycles. The van der Waals surface area contributed by atoms with Crippen LogP contribution < -0.4 is 5.32 Å². The van der Waals surface area contributed by atoms with Crippen LogP contribution in [0.1, 0.15) is 27.7 Å². The number of nitrogens with one attached hydrogen (secondary N) is 1. The smallest absolute Gasteiger partial charge is 0.136 e. The molecule has 0 amide bonds. The Kier molecular flexibility index (Phi) is 3.03. The molecule has 0 radical (unpaired) electrons. The fraction of sp³-hybridized carbons (Fsp3) is 0.875. The number of rotatable bonds is 3. The first-order chi connectivity index (χ1) is 4.42. The maximum absolute atomic E-state index is 11.0. The van der Waals surface area contributed by atoms with Crippen LogP contribution in [0.15, 0.2) is 0 Å². The van der Waals surface area contributed by atoms with Crippen molar-refractivity contribution < 1.29 is 4.79 Å². The Labute approximate surface area is 63.0 Å². The molecule has 0 bridgehead atoms. The first-order valence-electron chi connectivity index (χ1n) is 3.61. The molecule has 0 saturated heterocycles. The molecule has 1 atom stereocenters. The highest BCUT2D eigenvalue weighted by molar-refractivity contribution is 5.82. The van der Waals surface area contributed by atoms with E-state index < -0.39 is 0 Å². The number of carbonyl (C=O) groups excluding carboxylic acids is 1. The molecule has 0 aromatic rings. The van der Waals surface area contributed by atoms with Gasteiger partial charge in [-0.3, -0.25) is 4.79 Å². The second-order valence-corrected chi connectivity index (χ2v) is 3.29. The zero-order chi connectivity index (χ0) is 8.36. The Morgan fingerprint density at radius 3 is 2.00 bits per heavy atom. The molecule has 0 fully saturated rings. The van der Waals surface area contributed by atoms with Crippen molar-refractivity contribution in [1.82, 2.24) is 5.32 Å². The van der Waals surface area contributed by atoms with Crippen LogP contribution in [0.3, 0.4) is 0 Å². The SMILES string of the molecule is CNC(C)C(C)(C)C(C)=O. The molecule has 0 aliphatic rings. The second kappa shape index (κ2) is 3.15. The number of hydrogen-bond donors (Lipinski definition) is 1. The summed E-state index contributed by atoms with van der Waals surface area (Å²) >= 11 is 0. The summed E-state index contributed by atoms with van der Waals surface area (Å²) in [5.74, 6) is 0.231. The maximum Gasteiger partial charge on any atom is 0.136 e. The van der Waals surface area contributed by atoms with E-state index in [9.17, 15) is 4.79 Å². The molecule has 0 spiro atoms. The summed E-state index contributed by atoms with van der Waals surface area (Å²) < 4.78 is 0. The van der Waals surface area contributed by atoms with Crippen LogP contribution >= 0.6 is 0 Å². The highest BCUT2D eigenvalue weighted by Crippen LogP contribution is 2.20. The van der Waals surface area contributed by atoms with Crippen molar-refractivity contribution in [3.05, 3.63) is 0 Å². The van der Waals surface area contributed by atoms with Crippen LogP contribution in [0.5, 0.6) is 0 Å². The molecule has 60 valence electrons. The summed E-state index contributed by atoms with van der Waals surface area (Å²) in [5.41, 5.74) is -0.241. The van der Waals surface area contributed by atoms with E-state index >= 15 is 0 Å². The Bertz CT molecular complexity index is 129. The third-order valence-corrected chi connectivity index (χ3v) is 2.42. The second-order valence-electron chi connectivity index (χ2n) is 3.29. The molecule has 0 saturated carbocycles. The van der Waals surface area contributed by atoms with Gasteiger partial charge in [-0.15, -0.1) is 0 Å². The Morgan fingerprint density at radius 1 is 1.50 bits per heavy atom. The quantitative estimate of drug-likeness (QED) is 0.643. The topological polar surface area (TPSA) is 29.1 Å². The third-order valence-electron chi connectivity index (χ3n) is 2.42. The molecule has 0 aliphatic carbocycles. The summed E-state index contributed by atoms with van der Waals surface area (Å²) in [7, 11) is 1.87. The van der Waals surface area contributed by atoms with Crippen molar-refractivity contribution >= 4 is 5.78 Å². The van der Waals surface area contributed by atoms with Crippen LogP contribution in [0.2, 0.25) is 0 Å². The maximum atomic E-state index is 11.0. The largest absolute Gasteiger partial charge is 0.316 e. The van der Waals surface area contributed by atoms with Crippen LogP contribution in [-0.2, 0) is 4.79 Å². The van der Waals surface area contributed by atoms with Crippen molar-refractivity contribution in [1.29, 1.82) is 0 Å². The van der Waals surface area contributed by atoms with Gasteiger partial charge in [0.15, 0.2) is 0 Å². The van der Waals surface area contributed by atoms with Gasteiger partial charge in [0.2, 0.25) is 0 Å². The van der Waals surface area contributed by atoms with Gasteiger partial charge in [-0.2, -0.15) is 0 Å². The number of carbonyl (C=O) groups is 1. The average molecular weight is 143 g/mol. The average Bonchev–Trinajstić information content (AvgIpc) is 1.86. The van der Waals surface area contributed by atoms with Gasteiger partial charge in [-0.05, 0) is 20.9 Å². The van der Waals surface area contributed by atoms with Gasteiger partial charge in [0.25, 0.3) is 0 Å². The zero-order valence-electron chi connectivity index (χ0n) is 7.49. The van der Waals surface area contributed by atoms with Crippen molar-refractivity contribution in [3.63, 3.8) is 0 Å². The van der Waals surface area contributed by atoms with Crippen molar-refractivity contribution in [2.45, 2.75) is 33.7 Å². The van der Waals surface area contributed by atoms with Crippen molar-refractivity contribution in [2.75, 3.05) is 7.05 Å². The Balaban J connectivity index is 4.23.